The third kappa shape index (κ3) is 4.11. The Balaban J connectivity index is 2.59. The van der Waals surface area contributed by atoms with E-state index in [-0.39, 0.29) is 6.04 Å². The van der Waals surface area contributed by atoms with Crippen molar-refractivity contribution in [2.24, 2.45) is 0 Å². The van der Waals surface area contributed by atoms with Crippen LogP contribution >= 0.6 is 0 Å². The lowest BCUT2D eigenvalue weighted by molar-refractivity contribution is 0.583. The molecule has 0 aliphatic carbocycles. The molecule has 1 aromatic rings. The van der Waals surface area contributed by atoms with Gasteiger partial charge in [-0.1, -0.05) is 6.08 Å². The van der Waals surface area contributed by atoms with E-state index < -0.39 is 11.6 Å². The highest BCUT2D eigenvalue weighted by molar-refractivity contribution is 5.44. The lowest BCUT2D eigenvalue weighted by Gasteiger charge is -2.14. The Morgan fingerprint density at radius 1 is 1.33 bits per heavy atom. The molecule has 0 fully saturated rings. The Morgan fingerprint density at radius 3 is 2.47 bits per heavy atom. The van der Waals surface area contributed by atoms with Gasteiger partial charge in [0.15, 0.2) is 0 Å². The molecule has 1 nitrogen and oxygen atoms in total. The van der Waals surface area contributed by atoms with E-state index >= 15 is 0 Å². The van der Waals surface area contributed by atoms with Crippen molar-refractivity contribution < 1.29 is 8.78 Å². The molecule has 1 rings (SSSR count). The van der Waals surface area contributed by atoms with E-state index in [4.69, 9.17) is 0 Å². The van der Waals surface area contributed by atoms with Gasteiger partial charge in [0, 0.05) is 17.8 Å². The summed E-state index contributed by atoms with van der Waals surface area (Å²) in [6, 6.07) is 3.60. The fraction of sp³-hybridized carbons (Fsp3) is 0.333. The number of allylic oxidation sites excluding steroid dienone is 1. The molecule has 0 aliphatic heterocycles. The van der Waals surface area contributed by atoms with Gasteiger partial charge in [-0.05, 0) is 31.9 Å². The minimum atomic E-state index is -0.562. The first-order chi connectivity index (χ1) is 7.11. The zero-order valence-corrected chi connectivity index (χ0v) is 8.76. The number of benzene rings is 1. The molecule has 0 heterocycles. The highest BCUT2D eigenvalue weighted by Crippen LogP contribution is 2.15. The molecule has 82 valence electrons. The Kier molecular flexibility index (Phi) is 4.28. The molecule has 0 aliphatic rings. The summed E-state index contributed by atoms with van der Waals surface area (Å²) < 4.78 is 25.7. The van der Waals surface area contributed by atoms with Crippen LogP contribution in [0.2, 0.25) is 0 Å². The Morgan fingerprint density at radius 2 is 1.93 bits per heavy atom. The first kappa shape index (κ1) is 11.7. The first-order valence-corrected chi connectivity index (χ1v) is 4.95. The van der Waals surface area contributed by atoms with Crippen LogP contribution in [0.15, 0.2) is 30.9 Å². The second-order valence-electron chi connectivity index (χ2n) is 3.57. The van der Waals surface area contributed by atoms with E-state index in [1.54, 1.807) is 0 Å². The standard InChI is InChI=1S/C12H15F2N/c1-3-4-5-9(2)15-12-7-10(13)6-11(14)8-12/h3,6-9,15H,1,4-5H2,2H3/t9-/m1/s1. The first-order valence-electron chi connectivity index (χ1n) is 4.95. The summed E-state index contributed by atoms with van der Waals surface area (Å²) >= 11 is 0. The maximum absolute atomic E-state index is 12.8. The van der Waals surface area contributed by atoms with E-state index in [1.165, 1.54) is 12.1 Å². The van der Waals surface area contributed by atoms with Crippen molar-refractivity contribution in [1.82, 2.24) is 0 Å². The summed E-state index contributed by atoms with van der Waals surface area (Å²) in [5, 5.41) is 3.03. The molecular formula is C12H15F2N. The third-order valence-corrected chi connectivity index (χ3v) is 2.08. The molecule has 1 atom stereocenters. The number of rotatable bonds is 5. The number of anilines is 1. The normalized spacial score (nSPS) is 12.2. The summed E-state index contributed by atoms with van der Waals surface area (Å²) in [5.74, 6) is -1.12. The van der Waals surface area contributed by atoms with Crippen LogP contribution in [0.5, 0.6) is 0 Å². The molecule has 0 saturated heterocycles. The lowest BCUT2D eigenvalue weighted by Crippen LogP contribution is -2.14. The number of hydrogen-bond donors (Lipinski definition) is 1. The minimum Gasteiger partial charge on any atom is -0.382 e. The van der Waals surface area contributed by atoms with Gasteiger partial charge in [-0.15, -0.1) is 6.58 Å². The van der Waals surface area contributed by atoms with Gasteiger partial charge < -0.3 is 5.32 Å². The smallest absolute Gasteiger partial charge is 0.128 e. The van der Waals surface area contributed by atoms with E-state index in [1.807, 2.05) is 13.0 Å². The maximum Gasteiger partial charge on any atom is 0.128 e. The van der Waals surface area contributed by atoms with Crippen molar-refractivity contribution in [1.29, 1.82) is 0 Å². The van der Waals surface area contributed by atoms with Crippen LogP contribution in [0.4, 0.5) is 14.5 Å². The molecule has 0 amide bonds. The Labute approximate surface area is 88.8 Å². The number of hydrogen-bond acceptors (Lipinski definition) is 1. The molecule has 15 heavy (non-hydrogen) atoms. The SMILES string of the molecule is C=CCC[C@@H](C)Nc1cc(F)cc(F)c1. The van der Waals surface area contributed by atoms with Gasteiger partial charge in [-0.25, -0.2) is 8.78 Å². The predicted octanol–water partition coefficient (Wildman–Crippen LogP) is 3.73. The molecular weight excluding hydrogens is 196 g/mol. The zero-order chi connectivity index (χ0) is 11.3. The largest absolute Gasteiger partial charge is 0.382 e. The second kappa shape index (κ2) is 5.49. The van der Waals surface area contributed by atoms with Crippen LogP contribution < -0.4 is 5.32 Å². The molecule has 0 unspecified atom stereocenters. The quantitative estimate of drug-likeness (QED) is 0.732. The van der Waals surface area contributed by atoms with Gasteiger partial charge in [0.1, 0.15) is 11.6 Å². The second-order valence-corrected chi connectivity index (χ2v) is 3.57. The summed E-state index contributed by atoms with van der Waals surface area (Å²) in [6.07, 6.45) is 3.60. The highest BCUT2D eigenvalue weighted by atomic mass is 19.1. The summed E-state index contributed by atoms with van der Waals surface area (Å²) in [7, 11) is 0. The van der Waals surface area contributed by atoms with Gasteiger partial charge in [-0.2, -0.15) is 0 Å². The molecule has 0 radical (unpaired) electrons. The van der Waals surface area contributed by atoms with Gasteiger partial charge in [0.25, 0.3) is 0 Å². The van der Waals surface area contributed by atoms with Crippen molar-refractivity contribution in [3.05, 3.63) is 42.5 Å². The molecule has 0 saturated carbocycles. The van der Waals surface area contributed by atoms with Gasteiger partial charge >= 0.3 is 0 Å². The van der Waals surface area contributed by atoms with Crippen LogP contribution in [-0.4, -0.2) is 6.04 Å². The fourth-order valence-corrected chi connectivity index (χ4v) is 1.36. The van der Waals surface area contributed by atoms with E-state index in [0.717, 1.165) is 18.9 Å². The van der Waals surface area contributed by atoms with E-state index in [9.17, 15) is 8.78 Å². The molecule has 0 aromatic heterocycles. The topological polar surface area (TPSA) is 12.0 Å². The molecule has 0 bridgehead atoms. The van der Waals surface area contributed by atoms with Crippen LogP contribution in [0.1, 0.15) is 19.8 Å². The zero-order valence-electron chi connectivity index (χ0n) is 8.76. The Hall–Kier alpha value is -1.38. The lowest BCUT2D eigenvalue weighted by atomic mass is 10.1. The van der Waals surface area contributed by atoms with Crippen LogP contribution in [0.25, 0.3) is 0 Å². The average Bonchev–Trinajstić information content (AvgIpc) is 2.13. The number of nitrogens with one attached hydrogen (secondary N) is 1. The Bertz CT molecular complexity index is 316. The van der Waals surface area contributed by atoms with E-state index in [2.05, 4.69) is 11.9 Å². The van der Waals surface area contributed by atoms with Crippen LogP contribution in [0, 0.1) is 11.6 Å². The van der Waals surface area contributed by atoms with Crippen molar-refractivity contribution >= 4 is 5.69 Å². The summed E-state index contributed by atoms with van der Waals surface area (Å²) in [5.41, 5.74) is 0.476. The molecule has 3 heteroatoms. The molecule has 0 spiro atoms. The van der Waals surface area contributed by atoms with Crippen molar-refractivity contribution in [3.63, 3.8) is 0 Å². The van der Waals surface area contributed by atoms with Crippen LogP contribution in [0.3, 0.4) is 0 Å². The highest BCUT2D eigenvalue weighted by Gasteiger charge is 2.03. The van der Waals surface area contributed by atoms with Crippen molar-refractivity contribution in [2.75, 3.05) is 5.32 Å². The van der Waals surface area contributed by atoms with Crippen molar-refractivity contribution in [3.8, 4) is 0 Å². The predicted molar refractivity (Wildman–Crippen MR) is 58.9 cm³/mol. The third-order valence-electron chi connectivity index (χ3n) is 2.08. The fourth-order valence-electron chi connectivity index (χ4n) is 1.36. The van der Waals surface area contributed by atoms with Gasteiger partial charge in [-0.3, -0.25) is 0 Å². The molecule has 1 N–H and O–H groups in total. The summed E-state index contributed by atoms with van der Waals surface area (Å²) in [4.78, 5) is 0. The summed E-state index contributed by atoms with van der Waals surface area (Å²) in [6.45, 7) is 5.58. The monoisotopic (exact) mass is 211 g/mol. The maximum atomic E-state index is 12.8. The molecule has 1 aromatic carbocycles. The minimum absolute atomic E-state index is 0.171. The number of halogens is 2. The van der Waals surface area contributed by atoms with Crippen LogP contribution in [-0.2, 0) is 0 Å². The van der Waals surface area contributed by atoms with Crippen molar-refractivity contribution in [2.45, 2.75) is 25.8 Å². The van der Waals surface area contributed by atoms with E-state index in [0.29, 0.717) is 5.69 Å². The average molecular weight is 211 g/mol. The van der Waals surface area contributed by atoms with Gasteiger partial charge in [0.05, 0.1) is 0 Å². The van der Waals surface area contributed by atoms with Gasteiger partial charge in [0.2, 0.25) is 0 Å².